The van der Waals surface area contributed by atoms with Gasteiger partial charge in [0.2, 0.25) is 0 Å². The Balaban J connectivity index is 2.04. The first-order chi connectivity index (χ1) is 8.75. The van der Waals surface area contributed by atoms with Gasteiger partial charge in [-0.25, -0.2) is 0 Å². The summed E-state index contributed by atoms with van der Waals surface area (Å²) in [5.41, 5.74) is 10.3. The summed E-state index contributed by atoms with van der Waals surface area (Å²) in [6.07, 6.45) is 2.23. The van der Waals surface area contributed by atoms with Gasteiger partial charge in [0.25, 0.3) is 0 Å². The summed E-state index contributed by atoms with van der Waals surface area (Å²) in [7, 11) is 0. The van der Waals surface area contributed by atoms with E-state index in [1.165, 1.54) is 5.56 Å². The van der Waals surface area contributed by atoms with Crippen molar-refractivity contribution in [1.29, 1.82) is 0 Å². The van der Waals surface area contributed by atoms with Crippen LogP contribution in [0.3, 0.4) is 0 Å². The summed E-state index contributed by atoms with van der Waals surface area (Å²) >= 11 is 0. The van der Waals surface area contributed by atoms with Crippen molar-refractivity contribution in [1.82, 2.24) is 10.2 Å². The van der Waals surface area contributed by atoms with Gasteiger partial charge in [-0.15, -0.1) is 0 Å². The van der Waals surface area contributed by atoms with Crippen molar-refractivity contribution in [2.45, 2.75) is 25.9 Å². The average molecular weight is 243 g/mol. The third-order valence-electron chi connectivity index (χ3n) is 3.41. The third-order valence-corrected chi connectivity index (χ3v) is 3.41. The molecule has 4 nitrogen and oxygen atoms in total. The van der Waals surface area contributed by atoms with Crippen molar-refractivity contribution >= 4 is 5.82 Å². The maximum Gasteiger partial charge on any atom is 0.153 e. The number of nitrogens with zero attached hydrogens (tertiary/aromatic N) is 1. The molecule has 1 atom stereocenters. The molecule has 1 unspecified atom stereocenters. The van der Waals surface area contributed by atoms with Crippen LogP contribution in [0.4, 0.5) is 5.82 Å². The number of hydrogen-bond donors (Lipinski definition) is 2. The first-order valence-corrected chi connectivity index (χ1v) is 6.28. The number of H-pyrrole nitrogens is 1. The highest BCUT2D eigenvalue weighted by atomic mass is 16.5. The number of nitrogen functional groups attached to an aromatic ring is 1. The molecule has 1 aliphatic rings. The predicted octanol–water partition coefficient (Wildman–Crippen LogP) is 2.82. The topological polar surface area (TPSA) is 63.9 Å². The number of aromatic amines is 1. The van der Waals surface area contributed by atoms with Crippen molar-refractivity contribution in [2.75, 3.05) is 12.3 Å². The highest BCUT2D eigenvalue weighted by Gasteiger charge is 2.25. The SMILES string of the molecule is Cc1ccc(-c2c(N)n[nH]c2C2CCCO2)cc1. The summed E-state index contributed by atoms with van der Waals surface area (Å²) in [6.45, 7) is 2.89. The number of nitrogens with two attached hydrogens (primary N) is 1. The number of nitrogens with one attached hydrogen (secondary N) is 1. The minimum absolute atomic E-state index is 0.103. The molecular weight excluding hydrogens is 226 g/mol. The summed E-state index contributed by atoms with van der Waals surface area (Å²) in [4.78, 5) is 0. The number of benzene rings is 1. The molecule has 0 spiro atoms. The smallest absolute Gasteiger partial charge is 0.153 e. The Kier molecular flexibility index (Phi) is 2.80. The van der Waals surface area contributed by atoms with Crippen molar-refractivity contribution < 1.29 is 4.74 Å². The van der Waals surface area contributed by atoms with E-state index in [0.717, 1.165) is 36.3 Å². The lowest BCUT2D eigenvalue weighted by atomic mass is 10.0. The van der Waals surface area contributed by atoms with Crippen LogP contribution in [0.15, 0.2) is 24.3 Å². The van der Waals surface area contributed by atoms with E-state index in [9.17, 15) is 0 Å². The largest absolute Gasteiger partial charge is 0.382 e. The first kappa shape index (κ1) is 11.3. The third kappa shape index (κ3) is 1.88. The molecule has 0 saturated carbocycles. The fraction of sp³-hybridized carbons (Fsp3) is 0.357. The zero-order chi connectivity index (χ0) is 12.5. The molecule has 1 aromatic heterocycles. The second-order valence-corrected chi connectivity index (χ2v) is 4.77. The van der Waals surface area contributed by atoms with E-state index in [4.69, 9.17) is 10.5 Å². The summed E-state index contributed by atoms with van der Waals surface area (Å²) in [5, 5.41) is 7.16. The van der Waals surface area contributed by atoms with Crippen LogP contribution in [0.25, 0.3) is 11.1 Å². The minimum Gasteiger partial charge on any atom is -0.382 e. The second-order valence-electron chi connectivity index (χ2n) is 4.77. The van der Waals surface area contributed by atoms with Gasteiger partial charge in [-0.3, -0.25) is 5.10 Å². The van der Waals surface area contributed by atoms with Gasteiger partial charge >= 0.3 is 0 Å². The van der Waals surface area contributed by atoms with E-state index in [2.05, 4.69) is 41.4 Å². The van der Waals surface area contributed by atoms with Crippen LogP contribution in [0, 0.1) is 6.92 Å². The van der Waals surface area contributed by atoms with E-state index < -0.39 is 0 Å². The van der Waals surface area contributed by atoms with Gasteiger partial charge < -0.3 is 10.5 Å². The zero-order valence-corrected chi connectivity index (χ0v) is 10.4. The quantitative estimate of drug-likeness (QED) is 0.852. The van der Waals surface area contributed by atoms with Gasteiger partial charge in [0.1, 0.15) is 0 Å². The molecule has 0 bridgehead atoms. The molecule has 2 heterocycles. The Morgan fingerprint density at radius 1 is 1.33 bits per heavy atom. The molecule has 0 aliphatic carbocycles. The van der Waals surface area contributed by atoms with Crippen molar-refractivity contribution in [3.05, 3.63) is 35.5 Å². The molecule has 3 rings (SSSR count). The number of ether oxygens (including phenoxy) is 1. The van der Waals surface area contributed by atoms with Crippen LogP contribution in [-0.2, 0) is 4.74 Å². The van der Waals surface area contributed by atoms with E-state index in [-0.39, 0.29) is 6.10 Å². The molecule has 1 aliphatic heterocycles. The van der Waals surface area contributed by atoms with E-state index in [1.807, 2.05) is 0 Å². The van der Waals surface area contributed by atoms with Gasteiger partial charge in [-0.05, 0) is 25.3 Å². The number of rotatable bonds is 2. The average Bonchev–Trinajstić information content (AvgIpc) is 2.99. The Morgan fingerprint density at radius 2 is 2.11 bits per heavy atom. The molecule has 0 amide bonds. The maximum absolute atomic E-state index is 5.98. The molecule has 94 valence electrons. The van der Waals surface area contributed by atoms with Crippen LogP contribution in [-0.4, -0.2) is 16.8 Å². The van der Waals surface area contributed by atoms with Gasteiger partial charge in [0, 0.05) is 12.2 Å². The van der Waals surface area contributed by atoms with Gasteiger partial charge in [-0.2, -0.15) is 5.10 Å². The summed E-state index contributed by atoms with van der Waals surface area (Å²) in [6, 6.07) is 8.33. The van der Waals surface area contributed by atoms with Crippen LogP contribution in [0.2, 0.25) is 0 Å². The van der Waals surface area contributed by atoms with Gasteiger partial charge in [0.05, 0.1) is 11.8 Å². The molecular formula is C14H17N3O. The van der Waals surface area contributed by atoms with Crippen molar-refractivity contribution in [3.63, 3.8) is 0 Å². The lowest BCUT2D eigenvalue weighted by Crippen LogP contribution is -1.99. The normalized spacial score (nSPS) is 19.3. The Bertz CT molecular complexity index is 539. The second kappa shape index (κ2) is 4.46. The molecule has 2 aromatic rings. The van der Waals surface area contributed by atoms with E-state index in [1.54, 1.807) is 0 Å². The number of aromatic nitrogens is 2. The maximum atomic E-state index is 5.98. The minimum atomic E-state index is 0.103. The lowest BCUT2D eigenvalue weighted by Gasteiger charge is -2.10. The van der Waals surface area contributed by atoms with E-state index in [0.29, 0.717) is 5.82 Å². The highest BCUT2D eigenvalue weighted by Crippen LogP contribution is 2.37. The monoisotopic (exact) mass is 243 g/mol. The molecule has 3 N–H and O–H groups in total. The Hall–Kier alpha value is -1.81. The molecule has 1 saturated heterocycles. The molecule has 1 aromatic carbocycles. The first-order valence-electron chi connectivity index (χ1n) is 6.28. The molecule has 4 heteroatoms. The molecule has 18 heavy (non-hydrogen) atoms. The number of anilines is 1. The van der Waals surface area contributed by atoms with Gasteiger partial charge in [-0.1, -0.05) is 29.8 Å². The predicted molar refractivity (Wildman–Crippen MR) is 71.1 cm³/mol. The Morgan fingerprint density at radius 3 is 2.78 bits per heavy atom. The van der Waals surface area contributed by atoms with Crippen LogP contribution < -0.4 is 5.73 Å². The fourth-order valence-corrected chi connectivity index (χ4v) is 2.43. The van der Waals surface area contributed by atoms with Crippen LogP contribution in [0.5, 0.6) is 0 Å². The molecule has 1 fully saturated rings. The zero-order valence-electron chi connectivity index (χ0n) is 10.4. The summed E-state index contributed by atoms with van der Waals surface area (Å²) in [5.74, 6) is 0.546. The van der Waals surface area contributed by atoms with Gasteiger partial charge in [0.15, 0.2) is 5.82 Å². The van der Waals surface area contributed by atoms with Crippen LogP contribution in [0.1, 0.15) is 30.2 Å². The number of aryl methyl sites for hydroxylation is 1. The Labute approximate surface area is 106 Å². The number of hydrogen-bond acceptors (Lipinski definition) is 3. The molecule has 0 radical (unpaired) electrons. The standard InChI is InChI=1S/C14H17N3O/c1-9-4-6-10(7-5-9)12-13(16-17-14(12)15)11-3-2-8-18-11/h4-7,11H,2-3,8H2,1H3,(H3,15,16,17). The fourth-order valence-electron chi connectivity index (χ4n) is 2.43. The van der Waals surface area contributed by atoms with E-state index >= 15 is 0 Å². The highest BCUT2D eigenvalue weighted by molar-refractivity contribution is 5.76. The van der Waals surface area contributed by atoms with Crippen molar-refractivity contribution in [2.24, 2.45) is 0 Å². The van der Waals surface area contributed by atoms with Crippen LogP contribution >= 0.6 is 0 Å². The lowest BCUT2D eigenvalue weighted by molar-refractivity contribution is 0.109. The van der Waals surface area contributed by atoms with Crippen molar-refractivity contribution in [3.8, 4) is 11.1 Å². The summed E-state index contributed by atoms with van der Waals surface area (Å²) < 4.78 is 5.71.